The molecule has 0 amide bonds. The average molecular weight is 216 g/mol. The van der Waals surface area contributed by atoms with Crippen molar-refractivity contribution in [3.05, 3.63) is 0 Å². The molecule has 0 bridgehead atoms. The maximum Gasteiger partial charge on any atom is 0.157 e. The van der Waals surface area contributed by atoms with E-state index in [1.807, 2.05) is 11.8 Å². The van der Waals surface area contributed by atoms with Crippen LogP contribution in [0.5, 0.6) is 0 Å². The summed E-state index contributed by atoms with van der Waals surface area (Å²) in [5.74, 6) is 1.75. The predicted molar refractivity (Wildman–Crippen MR) is 63.0 cm³/mol. The second kappa shape index (κ2) is 5.61. The molecular weight excluding hydrogens is 196 g/mol. The summed E-state index contributed by atoms with van der Waals surface area (Å²) in [7, 11) is 1.72. The van der Waals surface area contributed by atoms with Crippen LogP contribution in [0.3, 0.4) is 0 Å². The number of methoxy groups -OCH3 is 1. The zero-order chi connectivity index (χ0) is 10.6. The fourth-order valence-corrected chi connectivity index (χ4v) is 2.59. The first-order valence-corrected chi connectivity index (χ1v) is 6.08. The van der Waals surface area contributed by atoms with E-state index in [2.05, 4.69) is 31.1 Å². The molecule has 2 unspecified atom stereocenters. The van der Waals surface area contributed by atoms with E-state index in [1.165, 1.54) is 0 Å². The first-order valence-electron chi connectivity index (χ1n) is 5.09. The lowest BCUT2D eigenvalue weighted by Crippen LogP contribution is -2.33. The Morgan fingerprint density at radius 3 is 2.79 bits per heavy atom. The Bertz CT molecular complexity index is 206. The summed E-state index contributed by atoms with van der Waals surface area (Å²) in [6.45, 7) is 7.27. The van der Waals surface area contributed by atoms with E-state index in [0.717, 1.165) is 17.5 Å². The first-order chi connectivity index (χ1) is 6.63. The normalized spacial score (nSPS) is 23.8. The fraction of sp³-hybridized carbons (Fsp3) is 0.900. The number of hydrogen-bond acceptors (Lipinski definition) is 4. The van der Waals surface area contributed by atoms with Crippen LogP contribution < -0.4 is 5.32 Å². The summed E-state index contributed by atoms with van der Waals surface area (Å²) >= 11 is 1.82. The van der Waals surface area contributed by atoms with Crippen LogP contribution in [0, 0.1) is 5.92 Å². The van der Waals surface area contributed by atoms with Crippen molar-refractivity contribution in [2.45, 2.75) is 32.9 Å². The molecular formula is C10H20N2OS. The van der Waals surface area contributed by atoms with Crippen molar-refractivity contribution in [1.82, 2.24) is 5.32 Å². The monoisotopic (exact) mass is 216 g/mol. The molecule has 0 radical (unpaired) electrons. The van der Waals surface area contributed by atoms with Crippen LogP contribution in [0.2, 0.25) is 0 Å². The number of nitrogens with zero attached hydrogens (tertiary/aromatic N) is 1. The van der Waals surface area contributed by atoms with Crippen molar-refractivity contribution in [3.63, 3.8) is 0 Å². The summed E-state index contributed by atoms with van der Waals surface area (Å²) in [6.07, 6.45) is 0. The lowest BCUT2D eigenvalue weighted by atomic mass is 10.1. The Morgan fingerprint density at radius 1 is 1.57 bits per heavy atom. The summed E-state index contributed by atoms with van der Waals surface area (Å²) < 4.78 is 5.06. The summed E-state index contributed by atoms with van der Waals surface area (Å²) in [6, 6.07) is 0.828. The third kappa shape index (κ3) is 3.50. The molecule has 0 fully saturated rings. The van der Waals surface area contributed by atoms with Gasteiger partial charge in [-0.15, -0.1) is 0 Å². The number of aliphatic imine (C=N–C) groups is 1. The molecule has 0 aliphatic carbocycles. The average Bonchev–Trinajstić information content (AvgIpc) is 2.53. The summed E-state index contributed by atoms with van der Waals surface area (Å²) in [5, 5.41) is 4.43. The minimum Gasteiger partial charge on any atom is -0.383 e. The second-order valence-electron chi connectivity index (χ2n) is 4.06. The van der Waals surface area contributed by atoms with Gasteiger partial charge in [-0.1, -0.05) is 25.6 Å². The maximum absolute atomic E-state index is 5.06. The van der Waals surface area contributed by atoms with Gasteiger partial charge in [-0.3, -0.25) is 4.99 Å². The van der Waals surface area contributed by atoms with Crippen LogP contribution in [0.25, 0.3) is 0 Å². The van der Waals surface area contributed by atoms with Crippen LogP contribution in [0.1, 0.15) is 20.8 Å². The quantitative estimate of drug-likeness (QED) is 0.777. The van der Waals surface area contributed by atoms with E-state index >= 15 is 0 Å². The third-order valence-corrected chi connectivity index (χ3v) is 3.23. The maximum atomic E-state index is 5.06. The molecule has 1 rings (SSSR count). The minimum atomic E-state index is 0.345. The van der Waals surface area contributed by atoms with E-state index < -0.39 is 0 Å². The third-order valence-electron chi connectivity index (χ3n) is 2.23. The Hall–Kier alpha value is -0.220. The van der Waals surface area contributed by atoms with E-state index in [4.69, 9.17) is 4.74 Å². The van der Waals surface area contributed by atoms with Gasteiger partial charge in [0.2, 0.25) is 0 Å². The molecule has 0 aromatic rings. The van der Waals surface area contributed by atoms with Crippen molar-refractivity contribution in [2.75, 3.05) is 19.5 Å². The Labute approximate surface area is 90.7 Å². The molecule has 0 saturated carbocycles. The lowest BCUT2D eigenvalue weighted by molar-refractivity contribution is 0.179. The number of ether oxygens (including phenoxy) is 1. The van der Waals surface area contributed by atoms with Crippen molar-refractivity contribution >= 4 is 16.9 Å². The molecule has 1 aliphatic rings. The van der Waals surface area contributed by atoms with Gasteiger partial charge >= 0.3 is 0 Å². The van der Waals surface area contributed by atoms with Gasteiger partial charge in [0.25, 0.3) is 0 Å². The van der Waals surface area contributed by atoms with E-state index in [9.17, 15) is 0 Å². The van der Waals surface area contributed by atoms with Crippen LogP contribution >= 0.6 is 11.8 Å². The lowest BCUT2D eigenvalue weighted by Gasteiger charge is -2.12. The summed E-state index contributed by atoms with van der Waals surface area (Å²) in [5.41, 5.74) is 0. The highest BCUT2D eigenvalue weighted by molar-refractivity contribution is 8.14. The van der Waals surface area contributed by atoms with Gasteiger partial charge in [-0.2, -0.15) is 0 Å². The number of thioether (sulfide) groups is 1. The number of hydrogen-bond donors (Lipinski definition) is 1. The molecule has 1 heterocycles. The highest BCUT2D eigenvalue weighted by Crippen LogP contribution is 2.22. The second-order valence-corrected chi connectivity index (χ2v) is 5.07. The largest absolute Gasteiger partial charge is 0.383 e. The Kier molecular flexibility index (Phi) is 4.75. The molecule has 14 heavy (non-hydrogen) atoms. The number of rotatable bonds is 4. The molecule has 1 aliphatic heterocycles. The minimum absolute atomic E-state index is 0.345. The first kappa shape index (κ1) is 11.9. The Balaban J connectivity index is 2.36. The highest BCUT2D eigenvalue weighted by Gasteiger charge is 2.21. The van der Waals surface area contributed by atoms with Gasteiger partial charge in [0, 0.05) is 18.9 Å². The molecule has 0 saturated heterocycles. The van der Waals surface area contributed by atoms with E-state index in [0.29, 0.717) is 18.0 Å². The van der Waals surface area contributed by atoms with Crippen molar-refractivity contribution < 1.29 is 4.74 Å². The van der Waals surface area contributed by atoms with Gasteiger partial charge in [0.15, 0.2) is 5.17 Å². The predicted octanol–water partition coefficient (Wildman–Crippen LogP) is 1.74. The molecule has 3 nitrogen and oxygen atoms in total. The van der Waals surface area contributed by atoms with Gasteiger partial charge in [0.05, 0.1) is 12.6 Å². The molecule has 0 aromatic heterocycles. The molecule has 2 atom stereocenters. The molecule has 4 heteroatoms. The van der Waals surface area contributed by atoms with Crippen molar-refractivity contribution in [1.29, 1.82) is 0 Å². The Morgan fingerprint density at radius 2 is 2.29 bits per heavy atom. The van der Waals surface area contributed by atoms with Gasteiger partial charge in [-0.05, 0) is 12.8 Å². The highest BCUT2D eigenvalue weighted by atomic mass is 32.2. The van der Waals surface area contributed by atoms with Crippen molar-refractivity contribution in [2.24, 2.45) is 10.9 Å². The standard InChI is InChI=1S/C10H20N2OS/c1-7(2)9-6-14-10(12-9)11-8(3)5-13-4/h7-9H,5-6H2,1-4H3,(H,11,12). The zero-order valence-electron chi connectivity index (χ0n) is 9.41. The topological polar surface area (TPSA) is 33.6 Å². The van der Waals surface area contributed by atoms with Gasteiger partial charge in [0.1, 0.15) is 0 Å². The summed E-state index contributed by atoms with van der Waals surface area (Å²) in [4.78, 5) is 4.62. The smallest absolute Gasteiger partial charge is 0.157 e. The zero-order valence-corrected chi connectivity index (χ0v) is 10.2. The van der Waals surface area contributed by atoms with Crippen LogP contribution in [0.4, 0.5) is 0 Å². The van der Waals surface area contributed by atoms with Crippen LogP contribution in [-0.2, 0) is 4.74 Å². The number of amidine groups is 1. The fourth-order valence-electron chi connectivity index (χ4n) is 1.31. The van der Waals surface area contributed by atoms with Crippen LogP contribution in [0.15, 0.2) is 4.99 Å². The molecule has 0 aromatic carbocycles. The van der Waals surface area contributed by atoms with Gasteiger partial charge in [-0.25, -0.2) is 0 Å². The molecule has 1 N–H and O–H groups in total. The van der Waals surface area contributed by atoms with E-state index in [-0.39, 0.29) is 0 Å². The molecule has 82 valence electrons. The SMILES string of the molecule is COCC(C)NC1=NC(C(C)C)CS1. The van der Waals surface area contributed by atoms with Crippen LogP contribution in [-0.4, -0.2) is 36.7 Å². The van der Waals surface area contributed by atoms with E-state index in [1.54, 1.807) is 7.11 Å². The van der Waals surface area contributed by atoms with Crippen molar-refractivity contribution in [3.8, 4) is 0 Å². The molecule has 0 spiro atoms. The van der Waals surface area contributed by atoms with Gasteiger partial charge < -0.3 is 10.1 Å². The number of nitrogens with one attached hydrogen (secondary N) is 1.